The molecule has 0 spiro atoms. The van der Waals surface area contributed by atoms with Gasteiger partial charge in [0.1, 0.15) is 0 Å². The summed E-state index contributed by atoms with van der Waals surface area (Å²) in [6, 6.07) is 10.7. The molecule has 0 aliphatic carbocycles. The van der Waals surface area contributed by atoms with Crippen molar-refractivity contribution < 1.29 is 9.53 Å². The van der Waals surface area contributed by atoms with Crippen LogP contribution in [0.2, 0.25) is 5.02 Å². The molecule has 25 heavy (non-hydrogen) atoms. The van der Waals surface area contributed by atoms with Crippen LogP contribution in [-0.4, -0.2) is 17.6 Å². The number of methoxy groups -OCH3 is 1. The number of halogens is 1. The summed E-state index contributed by atoms with van der Waals surface area (Å²) in [5, 5.41) is 2.58. The molecule has 0 atom stereocenters. The summed E-state index contributed by atoms with van der Waals surface area (Å²) in [4.78, 5) is 26.5. The van der Waals surface area contributed by atoms with Crippen molar-refractivity contribution in [2.45, 2.75) is 13.0 Å². The fourth-order valence-electron chi connectivity index (χ4n) is 3.20. The average Bonchev–Trinajstić information content (AvgIpc) is 3.11. The number of hydrogen-bond acceptors (Lipinski definition) is 4. The summed E-state index contributed by atoms with van der Waals surface area (Å²) in [7, 11) is 1.35. The molecule has 3 aromatic rings. The number of esters is 1. The molecule has 0 fully saturated rings. The van der Waals surface area contributed by atoms with Crippen LogP contribution in [0.1, 0.15) is 15.9 Å². The van der Waals surface area contributed by atoms with Gasteiger partial charge in [-0.25, -0.2) is 4.79 Å². The van der Waals surface area contributed by atoms with Crippen molar-refractivity contribution in [2.75, 3.05) is 7.11 Å². The number of hydrogen-bond donors (Lipinski definition) is 0. The van der Waals surface area contributed by atoms with Gasteiger partial charge < -0.3 is 9.30 Å². The van der Waals surface area contributed by atoms with Crippen molar-refractivity contribution in [3.05, 3.63) is 68.3 Å². The lowest BCUT2D eigenvalue weighted by Gasteiger charge is -2.22. The highest BCUT2D eigenvalue weighted by atomic mass is 35.5. The Hall–Kier alpha value is -2.37. The second-order valence-electron chi connectivity index (χ2n) is 5.80. The highest BCUT2D eigenvalue weighted by Gasteiger charge is 2.27. The van der Waals surface area contributed by atoms with Crippen LogP contribution in [0.5, 0.6) is 0 Å². The Kier molecular flexibility index (Phi) is 3.98. The van der Waals surface area contributed by atoms with E-state index in [1.54, 1.807) is 34.9 Å². The molecule has 4 nitrogen and oxygen atoms in total. The molecule has 0 N–H and O–H groups in total. The molecular weight excluding hydrogens is 358 g/mol. The van der Waals surface area contributed by atoms with Gasteiger partial charge in [-0.15, -0.1) is 11.3 Å². The van der Waals surface area contributed by atoms with Crippen LogP contribution >= 0.6 is 22.9 Å². The van der Waals surface area contributed by atoms with E-state index in [0.29, 0.717) is 28.4 Å². The number of nitrogens with zero attached hydrogens (tertiary/aromatic N) is 1. The second kappa shape index (κ2) is 6.17. The predicted molar refractivity (Wildman–Crippen MR) is 99.5 cm³/mol. The predicted octanol–water partition coefficient (Wildman–Crippen LogP) is 4.24. The zero-order chi connectivity index (χ0) is 17.6. The van der Waals surface area contributed by atoms with Crippen LogP contribution in [0.3, 0.4) is 0 Å². The van der Waals surface area contributed by atoms with Crippen LogP contribution in [0.15, 0.2) is 46.6 Å². The minimum atomic E-state index is -0.444. The fourth-order valence-corrected chi connectivity index (χ4v) is 4.35. The standard InChI is InChI=1S/C19H14ClNO3S/c1-24-19(23)15-10-14(11-2-4-13(20)5-3-11)18(22)21-8-6-12-7-9-25-17(12)16(15)21/h2-5,7,9-10H,6,8H2,1H3. The number of fused-ring (bicyclic) bond motifs is 3. The Morgan fingerprint density at radius 2 is 2.00 bits per heavy atom. The van der Waals surface area contributed by atoms with Crippen molar-refractivity contribution in [2.24, 2.45) is 0 Å². The monoisotopic (exact) mass is 371 g/mol. The Labute approximate surface area is 153 Å². The summed E-state index contributed by atoms with van der Waals surface area (Å²) < 4.78 is 6.66. The van der Waals surface area contributed by atoms with Crippen molar-refractivity contribution in [3.63, 3.8) is 0 Å². The van der Waals surface area contributed by atoms with Crippen LogP contribution in [0.4, 0.5) is 0 Å². The topological polar surface area (TPSA) is 48.3 Å². The Balaban J connectivity index is 2.03. The smallest absolute Gasteiger partial charge is 0.340 e. The second-order valence-corrected chi connectivity index (χ2v) is 7.15. The minimum absolute atomic E-state index is 0.107. The third-order valence-electron chi connectivity index (χ3n) is 4.42. The Bertz CT molecular complexity index is 1030. The van der Waals surface area contributed by atoms with Crippen molar-refractivity contribution in [1.29, 1.82) is 0 Å². The molecule has 1 aromatic carbocycles. The van der Waals surface area contributed by atoms with Crippen LogP contribution < -0.4 is 5.56 Å². The largest absolute Gasteiger partial charge is 0.465 e. The molecule has 0 unspecified atom stereocenters. The number of carbonyl (C=O) groups is 1. The summed E-state index contributed by atoms with van der Waals surface area (Å²) in [6.07, 6.45) is 0.774. The molecule has 3 heterocycles. The van der Waals surface area contributed by atoms with E-state index in [1.165, 1.54) is 18.4 Å². The molecule has 126 valence electrons. The van der Waals surface area contributed by atoms with Gasteiger partial charge in [-0.1, -0.05) is 23.7 Å². The number of aromatic nitrogens is 1. The van der Waals surface area contributed by atoms with E-state index >= 15 is 0 Å². The van der Waals surface area contributed by atoms with Gasteiger partial charge in [-0.2, -0.15) is 0 Å². The molecular formula is C19H14ClNO3S. The first-order chi connectivity index (χ1) is 12.1. The van der Waals surface area contributed by atoms with Crippen molar-refractivity contribution in [3.8, 4) is 21.7 Å². The lowest BCUT2D eigenvalue weighted by atomic mass is 9.98. The van der Waals surface area contributed by atoms with E-state index in [1.807, 2.05) is 11.4 Å². The molecule has 0 amide bonds. The maximum Gasteiger partial charge on any atom is 0.340 e. The van der Waals surface area contributed by atoms with Crippen molar-refractivity contribution in [1.82, 2.24) is 4.57 Å². The quantitative estimate of drug-likeness (QED) is 0.633. The van der Waals surface area contributed by atoms with Gasteiger partial charge in [0.05, 0.1) is 23.2 Å². The number of pyridine rings is 1. The number of aryl methyl sites for hydroxylation is 1. The van der Waals surface area contributed by atoms with E-state index in [9.17, 15) is 9.59 Å². The van der Waals surface area contributed by atoms with Gasteiger partial charge >= 0.3 is 5.97 Å². The van der Waals surface area contributed by atoms with E-state index < -0.39 is 5.97 Å². The van der Waals surface area contributed by atoms with E-state index in [-0.39, 0.29) is 5.56 Å². The lowest BCUT2D eigenvalue weighted by Crippen LogP contribution is -2.29. The minimum Gasteiger partial charge on any atom is -0.465 e. The van der Waals surface area contributed by atoms with Gasteiger partial charge in [0.2, 0.25) is 0 Å². The number of rotatable bonds is 2. The van der Waals surface area contributed by atoms with E-state index in [2.05, 4.69) is 0 Å². The van der Waals surface area contributed by atoms with E-state index in [0.717, 1.165) is 22.4 Å². The maximum atomic E-state index is 13.1. The molecule has 6 heteroatoms. The fraction of sp³-hybridized carbons (Fsp3) is 0.158. The molecule has 0 saturated carbocycles. The van der Waals surface area contributed by atoms with Crippen LogP contribution in [0, 0.1) is 0 Å². The summed E-state index contributed by atoms with van der Waals surface area (Å²) in [5.74, 6) is -0.444. The van der Waals surface area contributed by atoms with E-state index in [4.69, 9.17) is 16.3 Å². The molecule has 1 aliphatic rings. The van der Waals surface area contributed by atoms with Gasteiger partial charge in [0, 0.05) is 17.1 Å². The summed E-state index contributed by atoms with van der Waals surface area (Å²) in [5.41, 5.74) is 3.33. The van der Waals surface area contributed by atoms with Gasteiger partial charge in [0.25, 0.3) is 5.56 Å². The molecule has 1 aliphatic heterocycles. The highest BCUT2D eigenvalue weighted by molar-refractivity contribution is 7.13. The molecule has 0 radical (unpaired) electrons. The average molecular weight is 372 g/mol. The molecule has 0 bridgehead atoms. The molecule has 4 rings (SSSR count). The Morgan fingerprint density at radius 3 is 2.72 bits per heavy atom. The first-order valence-corrected chi connectivity index (χ1v) is 9.04. The number of carbonyl (C=O) groups excluding carboxylic acids is 1. The number of benzene rings is 1. The molecule has 2 aromatic heterocycles. The first kappa shape index (κ1) is 16.1. The normalized spacial score (nSPS) is 12.4. The van der Waals surface area contributed by atoms with Crippen molar-refractivity contribution >= 4 is 28.9 Å². The summed E-state index contributed by atoms with van der Waals surface area (Å²) >= 11 is 7.48. The Morgan fingerprint density at radius 1 is 1.24 bits per heavy atom. The van der Waals surface area contributed by atoms with Gasteiger partial charge in [-0.3, -0.25) is 4.79 Å². The third-order valence-corrected chi connectivity index (χ3v) is 5.63. The van der Waals surface area contributed by atoms with Gasteiger partial charge in [-0.05, 0) is 47.2 Å². The lowest BCUT2D eigenvalue weighted by molar-refractivity contribution is 0.0600. The molecule has 0 saturated heterocycles. The van der Waals surface area contributed by atoms with Crippen LogP contribution in [0.25, 0.3) is 21.7 Å². The zero-order valence-corrected chi connectivity index (χ0v) is 15.0. The SMILES string of the molecule is COC(=O)c1cc(-c2ccc(Cl)cc2)c(=O)n2c1-c1sccc1CC2. The maximum absolute atomic E-state index is 13.1. The summed E-state index contributed by atoms with van der Waals surface area (Å²) in [6.45, 7) is 0.545. The number of ether oxygens (including phenoxy) is 1. The third kappa shape index (κ3) is 2.60. The van der Waals surface area contributed by atoms with Gasteiger partial charge in [0.15, 0.2) is 0 Å². The number of thiophene rings is 1. The first-order valence-electron chi connectivity index (χ1n) is 7.79. The highest BCUT2D eigenvalue weighted by Crippen LogP contribution is 2.37. The zero-order valence-electron chi connectivity index (χ0n) is 13.4. The van der Waals surface area contributed by atoms with Crippen LogP contribution in [-0.2, 0) is 17.7 Å².